The first-order chi connectivity index (χ1) is 8.49. The van der Waals surface area contributed by atoms with E-state index in [0.717, 1.165) is 5.56 Å². The van der Waals surface area contributed by atoms with Gasteiger partial charge in [0.1, 0.15) is 6.04 Å². The summed E-state index contributed by atoms with van der Waals surface area (Å²) in [5.41, 5.74) is 7.06. The topological polar surface area (TPSA) is 113 Å². The fraction of sp³-hybridized carbons (Fsp3) is 0.333. The van der Waals surface area contributed by atoms with Crippen LogP contribution in [0.4, 0.5) is 5.69 Å². The van der Waals surface area contributed by atoms with Crippen molar-refractivity contribution >= 4 is 17.6 Å². The Kier molecular flexibility index (Phi) is 5.13. The average molecular weight is 252 g/mol. The number of carbonyl (C=O) groups is 2. The van der Waals surface area contributed by atoms with Crippen molar-refractivity contribution in [3.8, 4) is 0 Å². The van der Waals surface area contributed by atoms with Gasteiger partial charge in [-0.05, 0) is 24.1 Å². The molecule has 5 N–H and O–H groups in total. The van der Waals surface area contributed by atoms with Gasteiger partial charge in [0, 0.05) is 18.7 Å². The van der Waals surface area contributed by atoms with Crippen LogP contribution in [0.3, 0.4) is 0 Å². The molecule has 0 saturated carbocycles. The molecule has 1 atom stereocenters. The first-order valence-electron chi connectivity index (χ1n) is 5.51. The SMILES string of the molecule is Nc1ccc(CNC(CCC(=O)O)C(=O)O)cc1. The summed E-state index contributed by atoms with van der Waals surface area (Å²) in [6, 6.07) is 6.17. The minimum atomic E-state index is -1.05. The van der Waals surface area contributed by atoms with Gasteiger partial charge in [0.15, 0.2) is 0 Å². The number of nitrogens with one attached hydrogen (secondary N) is 1. The van der Waals surface area contributed by atoms with E-state index in [2.05, 4.69) is 5.32 Å². The number of hydrogen-bond donors (Lipinski definition) is 4. The molecule has 0 aliphatic heterocycles. The third-order valence-corrected chi connectivity index (χ3v) is 2.48. The highest BCUT2D eigenvalue weighted by Crippen LogP contribution is 2.06. The first-order valence-corrected chi connectivity index (χ1v) is 5.51. The van der Waals surface area contributed by atoms with E-state index in [1.165, 1.54) is 0 Å². The molecule has 0 bridgehead atoms. The van der Waals surface area contributed by atoms with E-state index >= 15 is 0 Å². The number of anilines is 1. The summed E-state index contributed by atoms with van der Waals surface area (Å²) in [6.07, 6.45) is -0.120. The van der Waals surface area contributed by atoms with Gasteiger partial charge >= 0.3 is 11.9 Å². The molecule has 18 heavy (non-hydrogen) atoms. The Balaban J connectivity index is 2.49. The zero-order valence-corrected chi connectivity index (χ0v) is 9.80. The Morgan fingerprint density at radius 2 is 1.83 bits per heavy atom. The minimum Gasteiger partial charge on any atom is -0.481 e. The highest BCUT2D eigenvalue weighted by Gasteiger charge is 2.17. The van der Waals surface area contributed by atoms with E-state index in [0.29, 0.717) is 12.2 Å². The van der Waals surface area contributed by atoms with E-state index in [9.17, 15) is 9.59 Å². The van der Waals surface area contributed by atoms with Crippen molar-refractivity contribution in [3.63, 3.8) is 0 Å². The predicted molar refractivity (Wildman–Crippen MR) is 66.0 cm³/mol. The Morgan fingerprint density at radius 3 is 2.33 bits per heavy atom. The first kappa shape index (κ1) is 14.0. The highest BCUT2D eigenvalue weighted by atomic mass is 16.4. The lowest BCUT2D eigenvalue weighted by atomic mass is 10.1. The second kappa shape index (κ2) is 6.61. The van der Waals surface area contributed by atoms with Gasteiger partial charge in [-0.15, -0.1) is 0 Å². The van der Waals surface area contributed by atoms with Crippen molar-refractivity contribution in [2.75, 3.05) is 5.73 Å². The van der Waals surface area contributed by atoms with Gasteiger partial charge in [-0.1, -0.05) is 12.1 Å². The lowest BCUT2D eigenvalue weighted by Gasteiger charge is -2.13. The molecule has 0 saturated heterocycles. The number of nitrogen functional groups attached to an aromatic ring is 1. The van der Waals surface area contributed by atoms with Crippen LogP contribution in [0.15, 0.2) is 24.3 Å². The van der Waals surface area contributed by atoms with Crippen LogP contribution in [-0.2, 0) is 16.1 Å². The third-order valence-electron chi connectivity index (χ3n) is 2.48. The zero-order chi connectivity index (χ0) is 13.5. The molecule has 1 rings (SSSR count). The maximum atomic E-state index is 10.9. The second-order valence-electron chi connectivity index (χ2n) is 3.95. The van der Waals surface area contributed by atoms with Gasteiger partial charge in [0.05, 0.1) is 0 Å². The number of nitrogens with two attached hydrogens (primary N) is 1. The van der Waals surface area contributed by atoms with Crippen LogP contribution in [0.2, 0.25) is 0 Å². The van der Waals surface area contributed by atoms with Gasteiger partial charge in [-0.3, -0.25) is 9.59 Å². The summed E-state index contributed by atoms with van der Waals surface area (Å²) in [6.45, 7) is 0.358. The van der Waals surface area contributed by atoms with Crippen LogP contribution in [0, 0.1) is 0 Å². The summed E-state index contributed by atoms with van der Waals surface area (Å²) in [7, 11) is 0. The summed E-state index contributed by atoms with van der Waals surface area (Å²) in [5, 5.41) is 20.3. The predicted octanol–water partition coefficient (Wildman–Crippen LogP) is 0.676. The van der Waals surface area contributed by atoms with E-state index in [4.69, 9.17) is 15.9 Å². The van der Waals surface area contributed by atoms with Gasteiger partial charge in [0.25, 0.3) is 0 Å². The maximum absolute atomic E-state index is 10.9. The van der Waals surface area contributed by atoms with Crippen LogP contribution in [-0.4, -0.2) is 28.2 Å². The van der Waals surface area contributed by atoms with Crippen molar-refractivity contribution in [2.45, 2.75) is 25.4 Å². The van der Waals surface area contributed by atoms with Crippen LogP contribution in [0.1, 0.15) is 18.4 Å². The highest BCUT2D eigenvalue weighted by molar-refractivity contribution is 5.75. The molecule has 6 nitrogen and oxygen atoms in total. The second-order valence-corrected chi connectivity index (χ2v) is 3.95. The lowest BCUT2D eigenvalue weighted by Crippen LogP contribution is -2.36. The molecule has 0 amide bonds. The van der Waals surface area contributed by atoms with Crippen molar-refractivity contribution in [2.24, 2.45) is 0 Å². The molecule has 98 valence electrons. The third kappa shape index (κ3) is 4.84. The number of carboxylic acids is 2. The lowest BCUT2D eigenvalue weighted by molar-refractivity contribution is -0.140. The van der Waals surface area contributed by atoms with Crippen molar-refractivity contribution in [3.05, 3.63) is 29.8 Å². The summed E-state index contributed by atoms with van der Waals surface area (Å²) in [4.78, 5) is 21.3. The van der Waals surface area contributed by atoms with Crippen molar-refractivity contribution in [1.82, 2.24) is 5.32 Å². The van der Waals surface area contributed by atoms with E-state index in [1.807, 2.05) is 0 Å². The van der Waals surface area contributed by atoms with Crippen molar-refractivity contribution < 1.29 is 19.8 Å². The maximum Gasteiger partial charge on any atom is 0.320 e. The number of carboxylic acid groups (broad SMARTS) is 2. The minimum absolute atomic E-state index is 0.0552. The van der Waals surface area contributed by atoms with Crippen LogP contribution in [0.5, 0.6) is 0 Å². The molecule has 1 aromatic carbocycles. The van der Waals surface area contributed by atoms with Crippen LogP contribution in [0.25, 0.3) is 0 Å². The molecule has 0 aromatic heterocycles. The molecular weight excluding hydrogens is 236 g/mol. The van der Waals surface area contributed by atoms with Gasteiger partial charge in [0.2, 0.25) is 0 Å². The smallest absolute Gasteiger partial charge is 0.320 e. The Bertz CT molecular complexity index is 417. The molecule has 0 heterocycles. The van der Waals surface area contributed by atoms with E-state index in [-0.39, 0.29) is 12.8 Å². The molecule has 0 radical (unpaired) electrons. The molecule has 1 aromatic rings. The van der Waals surface area contributed by atoms with E-state index < -0.39 is 18.0 Å². The van der Waals surface area contributed by atoms with E-state index in [1.54, 1.807) is 24.3 Å². The normalized spacial score (nSPS) is 12.0. The summed E-state index contributed by atoms with van der Waals surface area (Å²) in [5.74, 6) is -2.05. The monoisotopic (exact) mass is 252 g/mol. The molecule has 0 spiro atoms. The molecule has 0 fully saturated rings. The molecule has 0 aliphatic rings. The fourth-order valence-corrected chi connectivity index (χ4v) is 1.46. The van der Waals surface area contributed by atoms with Gasteiger partial charge < -0.3 is 21.3 Å². The quantitative estimate of drug-likeness (QED) is 0.531. The van der Waals surface area contributed by atoms with Crippen LogP contribution < -0.4 is 11.1 Å². The number of benzene rings is 1. The fourth-order valence-electron chi connectivity index (χ4n) is 1.46. The number of rotatable bonds is 7. The Hall–Kier alpha value is -2.08. The molecule has 0 aliphatic carbocycles. The summed E-state index contributed by atoms with van der Waals surface area (Å²) < 4.78 is 0. The molecule has 6 heteroatoms. The Morgan fingerprint density at radius 1 is 1.22 bits per heavy atom. The van der Waals surface area contributed by atoms with Gasteiger partial charge in [-0.25, -0.2) is 0 Å². The van der Waals surface area contributed by atoms with Crippen molar-refractivity contribution in [1.29, 1.82) is 0 Å². The zero-order valence-electron chi connectivity index (χ0n) is 9.80. The molecular formula is C12H16N2O4. The van der Waals surface area contributed by atoms with Crippen LogP contribution >= 0.6 is 0 Å². The summed E-state index contributed by atoms with van der Waals surface area (Å²) >= 11 is 0. The average Bonchev–Trinajstić information content (AvgIpc) is 2.30. The molecule has 1 unspecified atom stereocenters. The van der Waals surface area contributed by atoms with Gasteiger partial charge in [-0.2, -0.15) is 0 Å². The number of hydrogen-bond acceptors (Lipinski definition) is 4. The standard InChI is InChI=1S/C12H16N2O4/c13-9-3-1-8(2-4-9)7-14-10(12(17)18)5-6-11(15)16/h1-4,10,14H,5-7,13H2,(H,15,16)(H,17,18). The number of aliphatic carboxylic acids is 2. The largest absolute Gasteiger partial charge is 0.481 e. The Labute approximate surface area is 104 Å².